The second-order valence-corrected chi connectivity index (χ2v) is 6.69. The molecule has 0 aromatic rings. The Kier molecular flexibility index (Phi) is 4.58. The molecule has 0 spiro atoms. The van der Waals surface area contributed by atoms with Crippen molar-refractivity contribution in [3.63, 3.8) is 0 Å². The standard InChI is InChI=1S/C15H27N3O3/c1-4-21-11-9-15(16,14(11,2)3)13(20)17-8-7-12(19)18-10-5-6-10/h10-11H,4-9,16H2,1-3H3,(H,17,20)(H,18,19). The quantitative estimate of drug-likeness (QED) is 0.630. The molecule has 2 aliphatic rings. The number of nitrogens with two attached hydrogens (primary N) is 1. The third kappa shape index (κ3) is 3.21. The largest absolute Gasteiger partial charge is 0.378 e. The summed E-state index contributed by atoms with van der Waals surface area (Å²) >= 11 is 0. The second-order valence-electron chi connectivity index (χ2n) is 6.69. The van der Waals surface area contributed by atoms with E-state index in [1.54, 1.807) is 0 Å². The fourth-order valence-corrected chi connectivity index (χ4v) is 2.80. The molecular weight excluding hydrogens is 270 g/mol. The first-order valence-corrected chi connectivity index (χ1v) is 7.79. The first-order valence-electron chi connectivity index (χ1n) is 7.79. The van der Waals surface area contributed by atoms with E-state index >= 15 is 0 Å². The molecule has 0 saturated heterocycles. The van der Waals surface area contributed by atoms with E-state index in [9.17, 15) is 9.59 Å². The van der Waals surface area contributed by atoms with Gasteiger partial charge in [0.15, 0.2) is 0 Å². The number of carbonyl (C=O) groups is 2. The van der Waals surface area contributed by atoms with Crippen molar-refractivity contribution in [3.8, 4) is 0 Å². The van der Waals surface area contributed by atoms with Crippen LogP contribution in [0.4, 0.5) is 0 Å². The van der Waals surface area contributed by atoms with Crippen molar-refractivity contribution in [2.24, 2.45) is 11.1 Å². The van der Waals surface area contributed by atoms with Crippen LogP contribution in [0.25, 0.3) is 0 Å². The number of carbonyl (C=O) groups excluding carboxylic acids is 2. The van der Waals surface area contributed by atoms with Crippen LogP contribution in [0.15, 0.2) is 0 Å². The van der Waals surface area contributed by atoms with Gasteiger partial charge in [-0.25, -0.2) is 0 Å². The van der Waals surface area contributed by atoms with E-state index < -0.39 is 11.0 Å². The van der Waals surface area contributed by atoms with Crippen molar-refractivity contribution < 1.29 is 14.3 Å². The smallest absolute Gasteiger partial charge is 0.240 e. The van der Waals surface area contributed by atoms with E-state index in [0.29, 0.717) is 32.0 Å². The Morgan fingerprint density at radius 1 is 1.33 bits per heavy atom. The number of ether oxygens (including phenoxy) is 1. The van der Waals surface area contributed by atoms with Crippen LogP contribution in [0.3, 0.4) is 0 Å². The van der Waals surface area contributed by atoms with E-state index in [2.05, 4.69) is 10.6 Å². The lowest BCUT2D eigenvalue weighted by Crippen LogP contribution is -2.75. The Bertz CT molecular complexity index is 420. The Labute approximate surface area is 126 Å². The van der Waals surface area contributed by atoms with Crippen molar-refractivity contribution in [1.29, 1.82) is 0 Å². The molecule has 0 aromatic carbocycles. The third-order valence-electron chi connectivity index (χ3n) is 4.82. The van der Waals surface area contributed by atoms with Crippen LogP contribution in [0, 0.1) is 5.41 Å². The monoisotopic (exact) mass is 297 g/mol. The van der Waals surface area contributed by atoms with Gasteiger partial charge in [0.25, 0.3) is 0 Å². The maximum Gasteiger partial charge on any atom is 0.240 e. The SMILES string of the molecule is CCOC1CC(N)(C(=O)NCCC(=O)NC2CC2)C1(C)C. The molecule has 21 heavy (non-hydrogen) atoms. The molecule has 0 aliphatic heterocycles. The van der Waals surface area contributed by atoms with E-state index in [0.717, 1.165) is 12.8 Å². The summed E-state index contributed by atoms with van der Waals surface area (Å²) in [6, 6.07) is 0.353. The minimum absolute atomic E-state index is 0.0102. The lowest BCUT2D eigenvalue weighted by Gasteiger charge is -2.57. The van der Waals surface area contributed by atoms with Crippen LogP contribution in [-0.4, -0.2) is 42.7 Å². The maximum atomic E-state index is 12.3. The van der Waals surface area contributed by atoms with Gasteiger partial charge in [0, 0.05) is 37.5 Å². The summed E-state index contributed by atoms with van der Waals surface area (Å²) in [5.74, 6) is -0.202. The molecule has 2 atom stereocenters. The van der Waals surface area contributed by atoms with Gasteiger partial charge in [-0.3, -0.25) is 9.59 Å². The van der Waals surface area contributed by atoms with Gasteiger partial charge in [-0.15, -0.1) is 0 Å². The van der Waals surface area contributed by atoms with Crippen molar-refractivity contribution in [1.82, 2.24) is 10.6 Å². The van der Waals surface area contributed by atoms with Crippen LogP contribution >= 0.6 is 0 Å². The first-order chi connectivity index (χ1) is 9.81. The van der Waals surface area contributed by atoms with Gasteiger partial charge in [0.2, 0.25) is 11.8 Å². The van der Waals surface area contributed by atoms with Crippen LogP contribution in [0.1, 0.15) is 46.5 Å². The molecule has 6 nitrogen and oxygen atoms in total. The van der Waals surface area contributed by atoms with Crippen molar-refractivity contribution >= 4 is 11.8 Å². The molecule has 120 valence electrons. The molecule has 2 unspecified atom stereocenters. The Morgan fingerprint density at radius 3 is 2.52 bits per heavy atom. The van der Waals surface area contributed by atoms with Gasteiger partial charge in [0.1, 0.15) is 5.54 Å². The van der Waals surface area contributed by atoms with E-state index in [4.69, 9.17) is 10.5 Å². The van der Waals surface area contributed by atoms with Gasteiger partial charge >= 0.3 is 0 Å². The van der Waals surface area contributed by atoms with Gasteiger partial charge in [-0.2, -0.15) is 0 Å². The molecule has 2 aliphatic carbocycles. The summed E-state index contributed by atoms with van der Waals surface area (Å²) in [6.07, 6.45) is 2.96. The highest BCUT2D eigenvalue weighted by Gasteiger charge is 2.62. The molecule has 0 bridgehead atoms. The third-order valence-corrected chi connectivity index (χ3v) is 4.82. The molecule has 2 amide bonds. The highest BCUT2D eigenvalue weighted by Crippen LogP contribution is 2.49. The number of rotatable bonds is 7. The van der Waals surface area contributed by atoms with Gasteiger partial charge < -0.3 is 21.1 Å². The lowest BCUT2D eigenvalue weighted by molar-refractivity contribution is -0.170. The summed E-state index contributed by atoms with van der Waals surface area (Å²) in [6.45, 7) is 6.79. The van der Waals surface area contributed by atoms with Crippen molar-refractivity contribution in [2.45, 2.75) is 64.1 Å². The predicted molar refractivity (Wildman–Crippen MR) is 79.5 cm³/mol. The fourth-order valence-electron chi connectivity index (χ4n) is 2.80. The van der Waals surface area contributed by atoms with Crippen LogP contribution in [-0.2, 0) is 14.3 Å². The van der Waals surface area contributed by atoms with Gasteiger partial charge in [-0.1, -0.05) is 13.8 Å². The molecule has 2 fully saturated rings. The summed E-state index contributed by atoms with van der Waals surface area (Å²) in [4.78, 5) is 23.9. The topological polar surface area (TPSA) is 93.4 Å². The molecule has 0 aromatic heterocycles. The molecular formula is C15H27N3O3. The van der Waals surface area contributed by atoms with Gasteiger partial charge in [0.05, 0.1) is 6.10 Å². The van der Waals surface area contributed by atoms with Gasteiger partial charge in [-0.05, 0) is 19.8 Å². The normalized spacial score (nSPS) is 30.4. The Balaban J connectivity index is 1.76. The zero-order valence-electron chi connectivity index (χ0n) is 13.2. The Morgan fingerprint density at radius 2 is 2.00 bits per heavy atom. The first kappa shape index (κ1) is 16.2. The van der Waals surface area contributed by atoms with Crippen molar-refractivity contribution in [2.75, 3.05) is 13.2 Å². The average molecular weight is 297 g/mol. The lowest BCUT2D eigenvalue weighted by atomic mass is 9.54. The minimum atomic E-state index is -0.917. The van der Waals surface area contributed by atoms with Crippen molar-refractivity contribution in [3.05, 3.63) is 0 Å². The zero-order valence-corrected chi connectivity index (χ0v) is 13.2. The van der Waals surface area contributed by atoms with E-state index in [1.807, 2.05) is 20.8 Å². The molecule has 2 saturated carbocycles. The number of amides is 2. The predicted octanol–water partition coefficient (Wildman–Crippen LogP) is 0.304. The molecule has 0 heterocycles. The number of hydrogen-bond donors (Lipinski definition) is 3. The summed E-state index contributed by atoms with van der Waals surface area (Å²) in [7, 11) is 0. The van der Waals surface area contributed by atoms with Crippen LogP contribution in [0.5, 0.6) is 0 Å². The zero-order chi connectivity index (χ0) is 15.7. The molecule has 4 N–H and O–H groups in total. The molecule has 2 rings (SSSR count). The maximum absolute atomic E-state index is 12.3. The van der Waals surface area contributed by atoms with Crippen LogP contribution < -0.4 is 16.4 Å². The minimum Gasteiger partial charge on any atom is -0.378 e. The summed E-state index contributed by atoms with van der Waals surface area (Å²) in [5, 5.41) is 5.68. The molecule has 0 radical (unpaired) electrons. The highest BCUT2D eigenvalue weighted by atomic mass is 16.5. The second kappa shape index (κ2) is 5.93. The number of nitrogens with one attached hydrogen (secondary N) is 2. The Hall–Kier alpha value is -1.14. The fraction of sp³-hybridized carbons (Fsp3) is 0.867. The van der Waals surface area contributed by atoms with E-state index in [1.165, 1.54) is 0 Å². The summed E-state index contributed by atoms with van der Waals surface area (Å²) < 4.78 is 5.61. The average Bonchev–Trinajstić information content (AvgIpc) is 3.21. The molecule has 6 heteroatoms. The summed E-state index contributed by atoms with van der Waals surface area (Å²) in [5.41, 5.74) is 4.94. The number of hydrogen-bond acceptors (Lipinski definition) is 4. The highest BCUT2D eigenvalue weighted by molar-refractivity contribution is 5.89. The van der Waals surface area contributed by atoms with Crippen LogP contribution in [0.2, 0.25) is 0 Å². The van der Waals surface area contributed by atoms with E-state index in [-0.39, 0.29) is 17.9 Å².